The molecule has 0 aromatic heterocycles. The molecule has 1 atom stereocenters. The third kappa shape index (κ3) is 5.36. The summed E-state index contributed by atoms with van der Waals surface area (Å²) in [4.78, 5) is 21.4. The number of carboxylic acids is 1. The quantitative estimate of drug-likeness (QED) is 0.525. The minimum atomic E-state index is -1.06. The third-order valence-corrected chi connectivity index (χ3v) is 1.72. The lowest BCUT2D eigenvalue weighted by atomic mass is 10.1. The maximum Gasteiger partial charge on any atom is 0.407 e. The Bertz CT molecular complexity index is 196. The molecule has 0 aromatic carbocycles. The zero-order chi connectivity index (χ0) is 11.0. The fourth-order valence-corrected chi connectivity index (χ4v) is 0.951. The molecule has 0 rings (SSSR count). The van der Waals surface area contributed by atoms with Crippen LogP contribution in [0.4, 0.5) is 4.79 Å². The zero-order valence-corrected chi connectivity index (χ0v) is 8.16. The smallest absolute Gasteiger partial charge is 0.407 e. The van der Waals surface area contributed by atoms with Gasteiger partial charge in [-0.3, -0.25) is 0 Å². The predicted molar refractivity (Wildman–Crippen MR) is 49.9 cm³/mol. The summed E-state index contributed by atoms with van der Waals surface area (Å²) >= 11 is 0. The van der Waals surface area contributed by atoms with E-state index in [2.05, 4.69) is 10.1 Å². The standard InChI is InChI=1S/C8H16N2O4/c1-14-8(13)10-6(7(11)12)4-2-3-5-9/h6H,2-5,9H2,1H3,(H,10,13)(H,11,12)/t6-/m0/s1. The van der Waals surface area contributed by atoms with Crippen LogP contribution in [-0.2, 0) is 9.53 Å². The second-order valence-electron chi connectivity index (χ2n) is 2.81. The average molecular weight is 204 g/mol. The van der Waals surface area contributed by atoms with Crippen molar-refractivity contribution >= 4 is 12.1 Å². The number of methoxy groups -OCH3 is 1. The lowest BCUT2D eigenvalue weighted by Gasteiger charge is -2.12. The number of carbonyl (C=O) groups excluding carboxylic acids is 1. The molecule has 0 unspecified atom stereocenters. The first-order valence-electron chi connectivity index (χ1n) is 4.39. The van der Waals surface area contributed by atoms with Crippen LogP contribution in [0.1, 0.15) is 19.3 Å². The van der Waals surface area contributed by atoms with E-state index in [9.17, 15) is 9.59 Å². The number of unbranched alkanes of at least 4 members (excludes halogenated alkanes) is 1. The van der Waals surface area contributed by atoms with E-state index >= 15 is 0 Å². The van der Waals surface area contributed by atoms with E-state index in [0.717, 1.165) is 6.42 Å². The van der Waals surface area contributed by atoms with Crippen LogP contribution in [0.25, 0.3) is 0 Å². The van der Waals surface area contributed by atoms with Crippen molar-refractivity contribution < 1.29 is 19.4 Å². The van der Waals surface area contributed by atoms with E-state index in [1.165, 1.54) is 7.11 Å². The summed E-state index contributed by atoms with van der Waals surface area (Å²) in [7, 11) is 1.19. The van der Waals surface area contributed by atoms with Gasteiger partial charge in [0.1, 0.15) is 6.04 Å². The van der Waals surface area contributed by atoms with Crippen LogP contribution in [0.15, 0.2) is 0 Å². The van der Waals surface area contributed by atoms with Gasteiger partial charge in [0.05, 0.1) is 7.11 Å². The maximum absolute atomic E-state index is 10.7. The molecule has 1 amide bonds. The molecule has 0 aliphatic heterocycles. The molecule has 0 heterocycles. The number of aliphatic carboxylic acids is 1. The molecule has 0 saturated carbocycles. The van der Waals surface area contributed by atoms with Crippen molar-refractivity contribution in [2.45, 2.75) is 25.3 Å². The molecule has 0 bridgehead atoms. The van der Waals surface area contributed by atoms with Crippen LogP contribution in [0.5, 0.6) is 0 Å². The van der Waals surface area contributed by atoms with Crippen molar-refractivity contribution in [3.63, 3.8) is 0 Å². The van der Waals surface area contributed by atoms with Gasteiger partial charge in [0.15, 0.2) is 0 Å². The molecule has 0 saturated heterocycles. The molecule has 4 N–H and O–H groups in total. The van der Waals surface area contributed by atoms with Crippen molar-refractivity contribution in [1.29, 1.82) is 0 Å². The molecule has 0 aromatic rings. The van der Waals surface area contributed by atoms with Gasteiger partial charge in [-0.2, -0.15) is 0 Å². The summed E-state index contributed by atoms with van der Waals surface area (Å²) in [6.45, 7) is 0.518. The van der Waals surface area contributed by atoms with Crippen LogP contribution in [0.2, 0.25) is 0 Å². The number of alkyl carbamates (subject to hydrolysis) is 1. The van der Waals surface area contributed by atoms with Gasteiger partial charge in [-0.25, -0.2) is 9.59 Å². The summed E-state index contributed by atoms with van der Waals surface area (Å²) < 4.78 is 4.30. The minimum Gasteiger partial charge on any atom is -0.480 e. The van der Waals surface area contributed by atoms with Gasteiger partial charge in [0.25, 0.3) is 0 Å². The number of rotatable bonds is 6. The Kier molecular flexibility index (Phi) is 6.47. The minimum absolute atomic E-state index is 0.363. The molecule has 0 aliphatic carbocycles. The number of nitrogens with two attached hydrogens (primary N) is 1. The summed E-state index contributed by atoms with van der Waals surface area (Å²) in [6.07, 6.45) is 1.04. The normalized spacial score (nSPS) is 11.9. The largest absolute Gasteiger partial charge is 0.480 e. The summed E-state index contributed by atoms with van der Waals surface area (Å²) in [6, 6.07) is -0.894. The molecular formula is C8H16N2O4. The van der Waals surface area contributed by atoms with Gasteiger partial charge < -0.3 is 20.9 Å². The highest BCUT2D eigenvalue weighted by Crippen LogP contribution is 2.00. The number of ether oxygens (including phenoxy) is 1. The van der Waals surface area contributed by atoms with Crippen LogP contribution in [0, 0.1) is 0 Å². The van der Waals surface area contributed by atoms with Gasteiger partial charge in [0, 0.05) is 0 Å². The molecule has 82 valence electrons. The van der Waals surface area contributed by atoms with Crippen molar-refractivity contribution in [2.75, 3.05) is 13.7 Å². The summed E-state index contributed by atoms with van der Waals surface area (Å²) in [5, 5.41) is 10.9. The highest BCUT2D eigenvalue weighted by molar-refractivity contribution is 5.79. The Hall–Kier alpha value is -1.30. The van der Waals surface area contributed by atoms with Crippen LogP contribution < -0.4 is 11.1 Å². The molecular weight excluding hydrogens is 188 g/mol. The van der Waals surface area contributed by atoms with E-state index in [1.807, 2.05) is 0 Å². The number of carboxylic acid groups (broad SMARTS) is 1. The Labute approximate surface area is 82.4 Å². The first-order chi connectivity index (χ1) is 6.61. The highest BCUT2D eigenvalue weighted by Gasteiger charge is 2.19. The van der Waals surface area contributed by atoms with Crippen LogP contribution in [0.3, 0.4) is 0 Å². The van der Waals surface area contributed by atoms with Crippen molar-refractivity contribution in [3.05, 3.63) is 0 Å². The van der Waals surface area contributed by atoms with Crippen LogP contribution in [-0.4, -0.2) is 36.9 Å². The second kappa shape index (κ2) is 7.14. The first-order valence-corrected chi connectivity index (χ1v) is 4.39. The van der Waals surface area contributed by atoms with Crippen LogP contribution >= 0.6 is 0 Å². The number of amides is 1. The highest BCUT2D eigenvalue weighted by atomic mass is 16.5. The van der Waals surface area contributed by atoms with Crippen molar-refractivity contribution in [1.82, 2.24) is 5.32 Å². The van der Waals surface area contributed by atoms with E-state index in [-0.39, 0.29) is 0 Å². The predicted octanol–water partition coefficient (Wildman–Crippen LogP) is -0.0754. The second-order valence-corrected chi connectivity index (χ2v) is 2.81. The SMILES string of the molecule is COC(=O)N[C@@H](CCCCN)C(=O)O. The molecule has 0 aliphatic rings. The number of carbonyl (C=O) groups is 2. The van der Waals surface area contributed by atoms with Gasteiger partial charge in [0.2, 0.25) is 0 Å². The number of nitrogens with one attached hydrogen (secondary N) is 1. The Morgan fingerprint density at radius 1 is 1.50 bits per heavy atom. The van der Waals surface area contributed by atoms with Gasteiger partial charge in [-0.15, -0.1) is 0 Å². The number of hydrogen-bond acceptors (Lipinski definition) is 4. The van der Waals surface area contributed by atoms with Crippen molar-refractivity contribution in [3.8, 4) is 0 Å². The molecule has 0 radical (unpaired) electrons. The Morgan fingerprint density at radius 2 is 2.14 bits per heavy atom. The van der Waals surface area contributed by atoms with Gasteiger partial charge in [-0.1, -0.05) is 0 Å². The van der Waals surface area contributed by atoms with Gasteiger partial charge >= 0.3 is 12.1 Å². The zero-order valence-electron chi connectivity index (χ0n) is 8.16. The van der Waals surface area contributed by atoms with E-state index in [4.69, 9.17) is 10.8 Å². The third-order valence-electron chi connectivity index (χ3n) is 1.72. The summed E-state index contributed by atoms with van der Waals surface area (Å²) in [5.41, 5.74) is 5.26. The summed E-state index contributed by atoms with van der Waals surface area (Å²) in [5.74, 6) is -1.06. The molecule has 14 heavy (non-hydrogen) atoms. The van der Waals surface area contributed by atoms with E-state index < -0.39 is 18.1 Å². The average Bonchev–Trinajstić information content (AvgIpc) is 2.16. The maximum atomic E-state index is 10.7. The lowest BCUT2D eigenvalue weighted by Crippen LogP contribution is -2.40. The Balaban J connectivity index is 3.90. The first kappa shape index (κ1) is 12.7. The molecule has 6 heteroatoms. The Morgan fingerprint density at radius 3 is 2.57 bits per heavy atom. The van der Waals surface area contributed by atoms with E-state index in [0.29, 0.717) is 19.4 Å². The lowest BCUT2D eigenvalue weighted by molar-refractivity contribution is -0.139. The fourth-order valence-electron chi connectivity index (χ4n) is 0.951. The topological polar surface area (TPSA) is 102 Å². The monoisotopic (exact) mass is 204 g/mol. The van der Waals surface area contributed by atoms with Crippen molar-refractivity contribution in [2.24, 2.45) is 5.73 Å². The fraction of sp³-hybridized carbons (Fsp3) is 0.750. The van der Waals surface area contributed by atoms with Gasteiger partial charge in [-0.05, 0) is 25.8 Å². The molecule has 6 nitrogen and oxygen atoms in total. The molecule has 0 spiro atoms. The number of hydrogen-bond donors (Lipinski definition) is 3. The molecule has 0 fully saturated rings. The van der Waals surface area contributed by atoms with E-state index in [1.54, 1.807) is 0 Å².